The minimum Gasteiger partial charge on any atom is -0.484 e. The fourth-order valence-corrected chi connectivity index (χ4v) is 2.94. The van der Waals surface area contributed by atoms with Crippen LogP contribution < -0.4 is 15.4 Å². The van der Waals surface area contributed by atoms with Crippen LogP contribution in [0.25, 0.3) is 0 Å². The van der Waals surface area contributed by atoms with E-state index in [4.69, 9.17) is 27.9 Å². The molecule has 0 heterocycles. The third-order valence-electron chi connectivity index (χ3n) is 3.73. The van der Waals surface area contributed by atoms with E-state index in [1.165, 1.54) is 24.3 Å². The standard InChI is InChI=1S/C21H15Cl2FN2O3/c22-14-9-15(23)11-18(10-14)25-20(27)12-29-19-7-1-13(2-8-19)21(28)26-17-5-3-16(24)4-6-17/h1-11H,12H2,(H,25,27)(H,26,28). The van der Waals surface area contributed by atoms with Gasteiger partial charge in [0, 0.05) is 27.0 Å². The molecule has 0 saturated carbocycles. The highest BCUT2D eigenvalue weighted by Gasteiger charge is 2.08. The Bertz CT molecular complexity index is 1000. The molecule has 0 radical (unpaired) electrons. The van der Waals surface area contributed by atoms with Gasteiger partial charge in [0.05, 0.1) is 0 Å². The van der Waals surface area contributed by atoms with Gasteiger partial charge in [-0.2, -0.15) is 0 Å². The lowest BCUT2D eigenvalue weighted by Gasteiger charge is -2.09. The van der Waals surface area contributed by atoms with E-state index >= 15 is 0 Å². The van der Waals surface area contributed by atoms with Crippen LogP contribution in [0.3, 0.4) is 0 Å². The predicted molar refractivity (Wildman–Crippen MR) is 111 cm³/mol. The summed E-state index contributed by atoms with van der Waals surface area (Å²) < 4.78 is 18.3. The maximum absolute atomic E-state index is 12.9. The van der Waals surface area contributed by atoms with Crippen LogP contribution in [-0.2, 0) is 4.79 Å². The summed E-state index contributed by atoms with van der Waals surface area (Å²) in [5.74, 6) is -0.699. The van der Waals surface area contributed by atoms with Crippen molar-refractivity contribution >= 4 is 46.4 Å². The van der Waals surface area contributed by atoms with E-state index in [1.54, 1.807) is 42.5 Å². The van der Waals surface area contributed by atoms with Crippen LogP contribution in [0.2, 0.25) is 10.0 Å². The molecule has 29 heavy (non-hydrogen) atoms. The number of carbonyl (C=O) groups is 2. The van der Waals surface area contributed by atoms with Crippen molar-refractivity contribution in [2.75, 3.05) is 17.2 Å². The second kappa shape index (κ2) is 9.41. The van der Waals surface area contributed by atoms with Crippen LogP contribution in [0, 0.1) is 5.82 Å². The summed E-state index contributed by atoms with van der Waals surface area (Å²) in [6.07, 6.45) is 0. The number of amides is 2. The van der Waals surface area contributed by atoms with E-state index in [-0.39, 0.29) is 24.2 Å². The molecule has 3 rings (SSSR count). The van der Waals surface area contributed by atoms with E-state index in [1.807, 2.05) is 0 Å². The summed E-state index contributed by atoms with van der Waals surface area (Å²) in [5, 5.41) is 6.10. The van der Waals surface area contributed by atoms with Crippen LogP contribution in [0.5, 0.6) is 5.75 Å². The number of anilines is 2. The van der Waals surface area contributed by atoms with Gasteiger partial charge in [0.2, 0.25) is 0 Å². The highest BCUT2D eigenvalue weighted by atomic mass is 35.5. The molecule has 0 spiro atoms. The van der Waals surface area contributed by atoms with Gasteiger partial charge in [0.15, 0.2) is 6.61 Å². The van der Waals surface area contributed by atoms with Crippen molar-refractivity contribution in [3.8, 4) is 5.75 Å². The molecular formula is C21H15Cl2FN2O3. The Balaban J connectivity index is 1.52. The maximum Gasteiger partial charge on any atom is 0.262 e. The van der Waals surface area contributed by atoms with E-state index in [2.05, 4.69) is 10.6 Å². The summed E-state index contributed by atoms with van der Waals surface area (Å²) in [6.45, 7) is -0.231. The van der Waals surface area contributed by atoms with Crippen molar-refractivity contribution in [1.82, 2.24) is 0 Å². The molecule has 8 heteroatoms. The first-order valence-corrected chi connectivity index (χ1v) is 9.20. The number of rotatable bonds is 6. The van der Waals surface area contributed by atoms with Crippen LogP contribution in [-0.4, -0.2) is 18.4 Å². The normalized spacial score (nSPS) is 10.3. The Morgan fingerprint density at radius 2 is 1.45 bits per heavy atom. The molecule has 0 aromatic heterocycles. The van der Waals surface area contributed by atoms with E-state index in [0.717, 1.165) is 0 Å². The van der Waals surface area contributed by atoms with Crippen molar-refractivity contribution in [1.29, 1.82) is 0 Å². The molecule has 0 aliphatic rings. The van der Waals surface area contributed by atoms with Gasteiger partial charge < -0.3 is 15.4 Å². The lowest BCUT2D eigenvalue weighted by molar-refractivity contribution is -0.118. The zero-order valence-corrected chi connectivity index (χ0v) is 16.4. The van der Waals surface area contributed by atoms with E-state index in [9.17, 15) is 14.0 Å². The highest BCUT2D eigenvalue weighted by Crippen LogP contribution is 2.22. The van der Waals surface area contributed by atoms with Gasteiger partial charge >= 0.3 is 0 Å². The average molecular weight is 433 g/mol. The lowest BCUT2D eigenvalue weighted by Crippen LogP contribution is -2.20. The minimum absolute atomic E-state index is 0.231. The molecule has 0 atom stereocenters. The minimum atomic E-state index is -0.388. The largest absolute Gasteiger partial charge is 0.484 e. The van der Waals surface area contributed by atoms with Crippen molar-refractivity contribution < 1.29 is 18.7 Å². The van der Waals surface area contributed by atoms with E-state index in [0.29, 0.717) is 32.7 Å². The summed E-state index contributed by atoms with van der Waals surface area (Å²) in [5.41, 5.74) is 1.33. The van der Waals surface area contributed by atoms with Gasteiger partial charge in [0.25, 0.3) is 11.8 Å². The van der Waals surface area contributed by atoms with Gasteiger partial charge in [0.1, 0.15) is 11.6 Å². The number of hydrogen-bond donors (Lipinski definition) is 2. The number of halogens is 3. The molecule has 0 bridgehead atoms. The zero-order chi connectivity index (χ0) is 20.8. The Morgan fingerprint density at radius 3 is 2.07 bits per heavy atom. The molecule has 0 aliphatic carbocycles. The van der Waals surface area contributed by atoms with Crippen molar-refractivity contribution in [2.45, 2.75) is 0 Å². The SMILES string of the molecule is O=C(COc1ccc(C(=O)Nc2ccc(F)cc2)cc1)Nc1cc(Cl)cc(Cl)c1. The van der Waals surface area contributed by atoms with Crippen LogP contribution >= 0.6 is 23.2 Å². The van der Waals surface area contributed by atoms with Gasteiger partial charge in [-0.3, -0.25) is 9.59 Å². The molecule has 3 aromatic rings. The molecular weight excluding hydrogens is 418 g/mol. The number of benzene rings is 3. The van der Waals surface area contributed by atoms with Crippen molar-refractivity contribution in [3.63, 3.8) is 0 Å². The molecule has 0 fully saturated rings. The molecule has 2 amide bonds. The maximum atomic E-state index is 12.9. The smallest absolute Gasteiger partial charge is 0.262 e. The number of nitrogens with one attached hydrogen (secondary N) is 2. The van der Waals surface area contributed by atoms with Crippen LogP contribution in [0.15, 0.2) is 66.7 Å². The number of ether oxygens (including phenoxy) is 1. The quantitative estimate of drug-likeness (QED) is 0.547. The fourth-order valence-electron chi connectivity index (χ4n) is 2.41. The monoisotopic (exact) mass is 432 g/mol. The van der Waals surface area contributed by atoms with Crippen molar-refractivity contribution in [3.05, 3.63) is 88.2 Å². The first-order valence-electron chi connectivity index (χ1n) is 8.45. The molecule has 0 saturated heterocycles. The summed E-state index contributed by atoms with van der Waals surface area (Å²) >= 11 is 11.8. The first-order chi connectivity index (χ1) is 13.9. The second-order valence-electron chi connectivity index (χ2n) is 5.98. The average Bonchev–Trinajstić information content (AvgIpc) is 2.68. The Morgan fingerprint density at radius 1 is 0.828 bits per heavy atom. The highest BCUT2D eigenvalue weighted by molar-refractivity contribution is 6.35. The third-order valence-corrected chi connectivity index (χ3v) is 4.17. The molecule has 0 unspecified atom stereocenters. The zero-order valence-electron chi connectivity index (χ0n) is 14.9. The Kier molecular flexibility index (Phi) is 6.69. The molecule has 2 N–H and O–H groups in total. The fraction of sp³-hybridized carbons (Fsp3) is 0.0476. The predicted octanol–water partition coefficient (Wildman–Crippen LogP) is 5.40. The van der Waals surface area contributed by atoms with Crippen LogP contribution in [0.1, 0.15) is 10.4 Å². The second-order valence-corrected chi connectivity index (χ2v) is 6.85. The summed E-state index contributed by atoms with van der Waals surface area (Å²) in [4.78, 5) is 24.2. The number of hydrogen-bond acceptors (Lipinski definition) is 3. The Hall–Kier alpha value is -3.09. The summed E-state index contributed by atoms with van der Waals surface area (Å²) in [7, 11) is 0. The summed E-state index contributed by atoms with van der Waals surface area (Å²) in [6, 6.07) is 16.4. The first kappa shape index (κ1) is 20.6. The van der Waals surface area contributed by atoms with Gasteiger partial charge in [-0.15, -0.1) is 0 Å². The van der Waals surface area contributed by atoms with Gasteiger partial charge in [-0.25, -0.2) is 4.39 Å². The van der Waals surface area contributed by atoms with Gasteiger partial charge in [-0.05, 0) is 66.7 Å². The topological polar surface area (TPSA) is 67.4 Å². The number of carbonyl (C=O) groups excluding carboxylic acids is 2. The molecule has 5 nitrogen and oxygen atoms in total. The Labute approximate surface area is 176 Å². The van der Waals surface area contributed by atoms with Gasteiger partial charge in [-0.1, -0.05) is 23.2 Å². The van der Waals surface area contributed by atoms with Crippen molar-refractivity contribution in [2.24, 2.45) is 0 Å². The molecule has 3 aromatic carbocycles. The third kappa shape index (κ3) is 6.20. The molecule has 0 aliphatic heterocycles. The van der Waals surface area contributed by atoms with E-state index < -0.39 is 0 Å². The molecule has 148 valence electrons. The van der Waals surface area contributed by atoms with Crippen LogP contribution in [0.4, 0.5) is 15.8 Å². The lowest BCUT2D eigenvalue weighted by atomic mass is 10.2.